The number of aromatic nitrogens is 2. The zero-order valence-corrected chi connectivity index (χ0v) is 11.7. The highest BCUT2D eigenvalue weighted by Crippen LogP contribution is 2.26. The number of nitrogens with one attached hydrogen (secondary N) is 1. The first-order valence-corrected chi connectivity index (χ1v) is 6.76. The SMILES string of the molecule is CCOC(=O)CN(C(=O)Cn1ccc(=O)[nH]c1=O)C1CC1. The van der Waals surface area contributed by atoms with Crippen LogP contribution in [-0.2, 0) is 20.9 Å². The molecule has 0 atom stereocenters. The van der Waals surface area contributed by atoms with Crippen molar-refractivity contribution >= 4 is 11.9 Å². The minimum Gasteiger partial charge on any atom is -0.465 e. The van der Waals surface area contributed by atoms with Crippen molar-refractivity contribution in [2.24, 2.45) is 0 Å². The molecule has 8 heteroatoms. The van der Waals surface area contributed by atoms with Crippen LogP contribution in [-0.4, -0.2) is 45.5 Å². The fourth-order valence-electron chi connectivity index (χ4n) is 1.96. The lowest BCUT2D eigenvalue weighted by atomic mass is 10.4. The Bertz CT molecular complexity index is 644. The van der Waals surface area contributed by atoms with Crippen LogP contribution in [0.5, 0.6) is 0 Å². The Balaban J connectivity index is 2.06. The van der Waals surface area contributed by atoms with Gasteiger partial charge in [-0.05, 0) is 19.8 Å². The molecular weight excluding hydrogens is 278 g/mol. The number of H-pyrrole nitrogens is 1. The summed E-state index contributed by atoms with van der Waals surface area (Å²) in [5.74, 6) is -0.814. The van der Waals surface area contributed by atoms with Gasteiger partial charge in [0.15, 0.2) is 0 Å². The predicted molar refractivity (Wildman–Crippen MR) is 72.7 cm³/mol. The summed E-state index contributed by atoms with van der Waals surface area (Å²) in [5.41, 5.74) is -1.17. The molecule has 1 aromatic rings. The van der Waals surface area contributed by atoms with Gasteiger partial charge in [0.05, 0.1) is 6.61 Å². The normalized spacial score (nSPS) is 13.8. The molecule has 0 aliphatic heterocycles. The molecule has 0 aromatic carbocycles. The van der Waals surface area contributed by atoms with Gasteiger partial charge in [0, 0.05) is 18.3 Å². The largest absolute Gasteiger partial charge is 0.465 e. The zero-order chi connectivity index (χ0) is 15.4. The first kappa shape index (κ1) is 15.0. The number of hydrogen-bond donors (Lipinski definition) is 1. The molecule has 1 aromatic heterocycles. The Hall–Kier alpha value is -2.38. The van der Waals surface area contributed by atoms with Crippen LogP contribution in [0.25, 0.3) is 0 Å². The molecule has 8 nitrogen and oxygen atoms in total. The van der Waals surface area contributed by atoms with Gasteiger partial charge in [-0.1, -0.05) is 0 Å². The summed E-state index contributed by atoms with van der Waals surface area (Å²) in [5, 5.41) is 0. The van der Waals surface area contributed by atoms with Crippen molar-refractivity contribution in [3.05, 3.63) is 33.1 Å². The lowest BCUT2D eigenvalue weighted by molar-refractivity contribution is -0.149. The van der Waals surface area contributed by atoms with Crippen LogP contribution in [0.3, 0.4) is 0 Å². The van der Waals surface area contributed by atoms with E-state index in [2.05, 4.69) is 4.98 Å². The van der Waals surface area contributed by atoms with Crippen molar-refractivity contribution in [2.45, 2.75) is 32.4 Å². The molecule has 1 aliphatic carbocycles. The summed E-state index contributed by atoms with van der Waals surface area (Å²) in [7, 11) is 0. The minimum absolute atomic E-state index is 0.0281. The van der Waals surface area contributed by atoms with E-state index >= 15 is 0 Å². The molecule has 0 bridgehead atoms. The quantitative estimate of drug-likeness (QED) is 0.685. The smallest absolute Gasteiger partial charge is 0.328 e. The molecule has 0 radical (unpaired) electrons. The summed E-state index contributed by atoms with van der Waals surface area (Å²) in [6.45, 7) is 1.62. The van der Waals surface area contributed by atoms with E-state index in [0.29, 0.717) is 0 Å². The van der Waals surface area contributed by atoms with E-state index in [1.165, 1.54) is 17.2 Å². The summed E-state index contributed by atoms with van der Waals surface area (Å²) in [6, 6.07) is 1.20. The number of aromatic amines is 1. The first-order valence-electron chi connectivity index (χ1n) is 6.76. The lowest BCUT2D eigenvalue weighted by Crippen LogP contribution is -2.42. The van der Waals surface area contributed by atoms with Gasteiger partial charge in [0.25, 0.3) is 5.56 Å². The van der Waals surface area contributed by atoms with Crippen molar-refractivity contribution in [1.29, 1.82) is 0 Å². The molecular formula is C13H17N3O5. The Morgan fingerprint density at radius 3 is 2.71 bits per heavy atom. The average molecular weight is 295 g/mol. The molecule has 1 aliphatic rings. The Morgan fingerprint density at radius 1 is 1.43 bits per heavy atom. The summed E-state index contributed by atoms with van der Waals surface area (Å²) >= 11 is 0. The highest BCUT2D eigenvalue weighted by Gasteiger charge is 2.34. The van der Waals surface area contributed by atoms with Crippen molar-refractivity contribution < 1.29 is 14.3 Å². The Labute approximate surface area is 120 Å². The van der Waals surface area contributed by atoms with Crippen LogP contribution in [0, 0.1) is 0 Å². The number of amides is 1. The van der Waals surface area contributed by atoms with Crippen LogP contribution in [0.15, 0.2) is 21.9 Å². The van der Waals surface area contributed by atoms with Crippen molar-refractivity contribution in [3.63, 3.8) is 0 Å². The zero-order valence-electron chi connectivity index (χ0n) is 11.7. The molecule has 1 saturated carbocycles. The van der Waals surface area contributed by atoms with Crippen LogP contribution in [0.2, 0.25) is 0 Å². The van der Waals surface area contributed by atoms with Crippen LogP contribution in [0.1, 0.15) is 19.8 Å². The number of carbonyl (C=O) groups is 2. The summed E-state index contributed by atoms with van der Waals surface area (Å²) < 4.78 is 5.94. The van der Waals surface area contributed by atoms with E-state index in [4.69, 9.17) is 4.74 Å². The van der Waals surface area contributed by atoms with Crippen molar-refractivity contribution in [2.75, 3.05) is 13.2 Å². The number of hydrogen-bond acceptors (Lipinski definition) is 5. The van der Waals surface area contributed by atoms with Crippen LogP contribution in [0.4, 0.5) is 0 Å². The van der Waals surface area contributed by atoms with E-state index in [0.717, 1.165) is 17.4 Å². The summed E-state index contributed by atoms with van der Waals surface area (Å²) in [4.78, 5) is 49.8. The number of esters is 1. The first-order chi connectivity index (χ1) is 10.0. The average Bonchev–Trinajstić information content (AvgIpc) is 3.24. The van der Waals surface area contributed by atoms with Gasteiger partial charge >= 0.3 is 11.7 Å². The molecule has 1 amide bonds. The molecule has 114 valence electrons. The maximum atomic E-state index is 12.2. The molecule has 0 saturated heterocycles. The molecule has 0 unspecified atom stereocenters. The second-order valence-electron chi connectivity index (χ2n) is 4.80. The van der Waals surface area contributed by atoms with E-state index in [1.54, 1.807) is 6.92 Å². The van der Waals surface area contributed by atoms with Gasteiger partial charge in [-0.25, -0.2) is 4.79 Å². The van der Waals surface area contributed by atoms with Gasteiger partial charge in [-0.3, -0.25) is 23.9 Å². The van der Waals surface area contributed by atoms with E-state index in [-0.39, 0.29) is 31.6 Å². The number of nitrogens with zero attached hydrogens (tertiary/aromatic N) is 2. The van der Waals surface area contributed by atoms with Crippen LogP contribution < -0.4 is 11.2 Å². The van der Waals surface area contributed by atoms with Crippen molar-refractivity contribution in [1.82, 2.24) is 14.5 Å². The number of ether oxygens (including phenoxy) is 1. The topological polar surface area (TPSA) is 101 Å². The van der Waals surface area contributed by atoms with Gasteiger partial charge in [0.2, 0.25) is 5.91 Å². The lowest BCUT2D eigenvalue weighted by Gasteiger charge is -2.21. The second kappa shape index (κ2) is 6.38. The maximum absolute atomic E-state index is 12.2. The third kappa shape index (κ3) is 4.04. The van der Waals surface area contributed by atoms with Crippen LogP contribution >= 0.6 is 0 Å². The number of rotatable bonds is 6. The fourth-order valence-corrected chi connectivity index (χ4v) is 1.96. The summed E-state index contributed by atoms with van der Waals surface area (Å²) in [6.07, 6.45) is 2.94. The van der Waals surface area contributed by atoms with Crippen molar-refractivity contribution in [3.8, 4) is 0 Å². The van der Waals surface area contributed by atoms with E-state index in [9.17, 15) is 19.2 Å². The van der Waals surface area contributed by atoms with Gasteiger partial charge in [-0.15, -0.1) is 0 Å². The third-order valence-electron chi connectivity index (χ3n) is 3.12. The molecule has 0 spiro atoms. The van der Waals surface area contributed by atoms with E-state index in [1.807, 2.05) is 0 Å². The maximum Gasteiger partial charge on any atom is 0.328 e. The monoisotopic (exact) mass is 295 g/mol. The minimum atomic E-state index is -0.650. The van der Waals surface area contributed by atoms with E-state index < -0.39 is 17.2 Å². The molecule has 1 heterocycles. The second-order valence-corrected chi connectivity index (χ2v) is 4.80. The highest BCUT2D eigenvalue weighted by molar-refractivity contribution is 5.82. The standard InChI is InChI=1S/C13H17N3O5/c1-2-21-12(19)8-16(9-3-4-9)11(18)7-15-6-5-10(17)14-13(15)20/h5-6,9H,2-4,7-8H2,1H3,(H,14,17,20). The highest BCUT2D eigenvalue weighted by atomic mass is 16.5. The number of carbonyl (C=O) groups excluding carboxylic acids is 2. The predicted octanol–water partition coefficient (Wildman–Crippen LogP) is -0.909. The third-order valence-corrected chi connectivity index (χ3v) is 3.12. The molecule has 1 fully saturated rings. The fraction of sp³-hybridized carbons (Fsp3) is 0.538. The van der Waals surface area contributed by atoms with Gasteiger partial charge in [0.1, 0.15) is 13.1 Å². The van der Waals surface area contributed by atoms with Gasteiger partial charge in [-0.2, -0.15) is 0 Å². The molecule has 1 N–H and O–H groups in total. The molecule has 2 rings (SSSR count). The van der Waals surface area contributed by atoms with Gasteiger partial charge < -0.3 is 9.64 Å². The molecule has 21 heavy (non-hydrogen) atoms. The Kier molecular flexibility index (Phi) is 4.56. The Morgan fingerprint density at radius 2 is 2.14 bits per heavy atom.